The fraction of sp³-hybridized carbons (Fsp3) is 0.280. The zero-order valence-corrected chi connectivity index (χ0v) is 63.7. The van der Waals surface area contributed by atoms with E-state index in [0.717, 1.165) is 43.5 Å². The zero-order chi connectivity index (χ0) is 71.9. The van der Waals surface area contributed by atoms with Crippen molar-refractivity contribution in [2.45, 2.75) is 181 Å². The third-order valence-electron chi connectivity index (χ3n) is 23.6. The molecule has 0 N–H and O–H groups in total. The number of nitrogens with zero attached hydrogens (tertiary/aromatic N) is 3. The highest BCUT2D eigenvalue weighted by molar-refractivity contribution is 6.12. The van der Waals surface area contributed by atoms with Gasteiger partial charge < -0.3 is 13.7 Å². The quantitative estimate of drug-likeness (QED) is 0.116. The molecule has 1 aliphatic rings. The van der Waals surface area contributed by atoms with Crippen molar-refractivity contribution in [2.24, 2.45) is 0 Å². The van der Waals surface area contributed by atoms with Crippen LogP contribution in [0, 0.1) is 0 Å². The second-order valence-electron chi connectivity index (χ2n) is 35.7. The van der Waals surface area contributed by atoms with E-state index in [1.165, 1.54) is 155 Å². The number of fused-ring (bicyclic) bond motifs is 12. The van der Waals surface area contributed by atoms with Gasteiger partial charge in [0.05, 0.1) is 33.1 Å². The second-order valence-corrected chi connectivity index (χ2v) is 35.7. The van der Waals surface area contributed by atoms with Gasteiger partial charge in [-0.1, -0.05) is 269 Å². The summed E-state index contributed by atoms with van der Waals surface area (Å²) >= 11 is 0. The number of rotatable bonds is 12. The van der Waals surface area contributed by atoms with Crippen molar-refractivity contribution < 1.29 is 0 Å². The highest BCUT2D eigenvalue weighted by atomic mass is 15.0. The molecule has 16 rings (SSSR count). The van der Waals surface area contributed by atoms with Gasteiger partial charge in [0.15, 0.2) is 0 Å². The smallest absolute Gasteiger partial charge is 0.0541 e. The summed E-state index contributed by atoms with van der Waals surface area (Å²) < 4.78 is 7.45. The Morgan fingerprint density at radius 2 is 0.621 bits per heavy atom. The minimum atomic E-state index is -0.115. The number of aryl methyl sites for hydroxylation is 1. The maximum atomic E-state index is 2.55. The number of para-hydroxylation sites is 2. The van der Waals surface area contributed by atoms with Crippen LogP contribution in [-0.4, -0.2) is 13.7 Å². The number of hydrogen-bond acceptors (Lipinski definition) is 0. The lowest BCUT2D eigenvalue weighted by atomic mass is 9.72. The highest BCUT2D eigenvalue weighted by Crippen LogP contribution is 2.47. The zero-order valence-electron chi connectivity index (χ0n) is 63.7. The number of hydrogen-bond donors (Lipinski definition) is 0. The van der Waals surface area contributed by atoms with Gasteiger partial charge in [0, 0.05) is 49.4 Å². The van der Waals surface area contributed by atoms with Crippen molar-refractivity contribution in [1.82, 2.24) is 13.7 Å². The van der Waals surface area contributed by atoms with Crippen molar-refractivity contribution >= 4 is 65.4 Å². The molecule has 1 atom stereocenters. The van der Waals surface area contributed by atoms with E-state index in [4.69, 9.17) is 0 Å². The number of aromatic nitrogens is 3. The first-order chi connectivity index (χ1) is 49.0. The first kappa shape index (κ1) is 67.5. The molecule has 3 nitrogen and oxygen atoms in total. The fourth-order valence-electron chi connectivity index (χ4n) is 16.9. The molecule has 0 spiro atoms. The molecule has 3 heterocycles. The van der Waals surface area contributed by atoms with Gasteiger partial charge in [-0.15, -0.1) is 0 Å². The average molecular weight is 1340 g/mol. The van der Waals surface area contributed by atoms with Crippen molar-refractivity contribution in [3.05, 3.63) is 305 Å². The first-order valence-corrected chi connectivity index (χ1v) is 37.9. The third kappa shape index (κ3) is 12.3. The Morgan fingerprint density at radius 3 is 1.05 bits per heavy atom. The van der Waals surface area contributed by atoms with E-state index in [1.807, 2.05) is 0 Å². The Morgan fingerprint density at radius 1 is 0.282 bits per heavy atom. The predicted octanol–water partition coefficient (Wildman–Crippen LogP) is 27.5. The van der Waals surface area contributed by atoms with Crippen LogP contribution in [0.1, 0.15) is 186 Å². The molecule has 12 aromatic carbocycles. The normalized spacial score (nSPS) is 14.2. The van der Waals surface area contributed by atoms with Crippen LogP contribution < -0.4 is 0 Å². The molecular formula is C100H101N3. The highest BCUT2D eigenvalue weighted by Gasteiger charge is 2.32. The molecule has 0 saturated heterocycles. The molecule has 1 unspecified atom stereocenters. The molecule has 103 heavy (non-hydrogen) atoms. The van der Waals surface area contributed by atoms with Crippen molar-refractivity contribution in [2.75, 3.05) is 0 Å². The van der Waals surface area contributed by atoms with E-state index in [2.05, 4.69) is 379 Å². The maximum Gasteiger partial charge on any atom is 0.0541 e. The van der Waals surface area contributed by atoms with E-state index in [-0.39, 0.29) is 32.5 Å². The Bertz CT molecular complexity index is 5780. The predicted molar refractivity (Wildman–Crippen MR) is 444 cm³/mol. The van der Waals surface area contributed by atoms with Gasteiger partial charge in [0.2, 0.25) is 0 Å². The van der Waals surface area contributed by atoms with Gasteiger partial charge in [-0.2, -0.15) is 0 Å². The van der Waals surface area contributed by atoms with Gasteiger partial charge in [0.1, 0.15) is 0 Å². The summed E-state index contributed by atoms with van der Waals surface area (Å²) in [6.45, 7) is 38.0. The molecule has 516 valence electrons. The van der Waals surface area contributed by atoms with Crippen LogP contribution in [0.15, 0.2) is 255 Å². The van der Waals surface area contributed by atoms with Gasteiger partial charge in [-0.25, -0.2) is 0 Å². The minimum absolute atomic E-state index is 0.00821. The van der Waals surface area contributed by atoms with Gasteiger partial charge >= 0.3 is 0 Å². The van der Waals surface area contributed by atoms with E-state index < -0.39 is 0 Å². The lowest BCUT2D eigenvalue weighted by molar-refractivity contribution is 0.375. The van der Waals surface area contributed by atoms with Crippen molar-refractivity contribution in [3.8, 4) is 50.4 Å². The van der Waals surface area contributed by atoms with Crippen LogP contribution in [0.5, 0.6) is 0 Å². The Labute approximate surface area is 611 Å². The molecule has 0 bridgehead atoms. The standard InChI is InChI=1S/C100H101N3/c1-95(2,3)71-40-39-65-37-38-70(80-46-41-72(96(4,5)6)59-84(80)83(65)58-71)54-64-25-21-26-66(53-64)67-27-22-31-78(55-67)102-91-47-42-73(97(7,8)9)60-85(91)87-62-75(44-49-93(87)102)99(13,14)51-52-100(15,16)76-45-50-94-88(63-76)86-61-74(98(10,11)12)43-48-92(86)103(94)79-32-24-29-69(57-79)68-28-23-30-77(56-68)101-89-35-19-17-33-81(89)82-34-18-20-36-90(82)101/h17-36,39-50,53,55-63,70H,37-38,51-52,54H2,1-16H3. The SMILES string of the molecule is CC(C)(C)c1ccc2c(c1)-c1cc(C(C)(C)C)ccc1C(Cc1cccc(-c3cccc(-n4c5ccc(C(C)(C)C)cc5c5cc(C(C)(C)CCC(C)(C)c6ccc7c(c6)c6cc(C(C)(C)C)ccc6n7-c6cccc(-c7cccc(-n8c9ccccc9c9ccccc98)c7)c6)ccc54)c3)c1)CC2. The molecule has 1 aliphatic carbocycles. The fourth-order valence-corrected chi connectivity index (χ4v) is 16.9. The molecule has 15 aromatic rings. The Hall–Kier alpha value is -9.96. The maximum absolute atomic E-state index is 2.55. The van der Waals surface area contributed by atoms with Crippen LogP contribution in [0.3, 0.4) is 0 Å². The first-order valence-electron chi connectivity index (χ1n) is 37.9. The van der Waals surface area contributed by atoms with Gasteiger partial charge in [0.25, 0.3) is 0 Å². The summed E-state index contributed by atoms with van der Waals surface area (Å²) in [6.07, 6.45) is 5.24. The molecular weight excluding hydrogens is 1240 g/mol. The third-order valence-corrected chi connectivity index (χ3v) is 23.6. The lowest BCUT2D eigenvalue weighted by Gasteiger charge is -2.32. The van der Waals surface area contributed by atoms with E-state index in [0.29, 0.717) is 5.92 Å². The van der Waals surface area contributed by atoms with E-state index >= 15 is 0 Å². The molecule has 3 aromatic heterocycles. The van der Waals surface area contributed by atoms with Crippen molar-refractivity contribution in [1.29, 1.82) is 0 Å². The Balaban J connectivity index is 0.699. The van der Waals surface area contributed by atoms with Crippen LogP contribution in [-0.2, 0) is 45.3 Å². The molecule has 0 fully saturated rings. The molecule has 0 radical (unpaired) electrons. The summed E-state index contributed by atoms with van der Waals surface area (Å²) in [7, 11) is 0. The van der Waals surface area contributed by atoms with Crippen molar-refractivity contribution in [3.63, 3.8) is 0 Å². The van der Waals surface area contributed by atoms with E-state index in [9.17, 15) is 0 Å². The lowest BCUT2D eigenvalue weighted by Crippen LogP contribution is -2.24. The second kappa shape index (κ2) is 24.9. The van der Waals surface area contributed by atoms with Crippen LogP contribution >= 0.6 is 0 Å². The molecule has 0 saturated carbocycles. The minimum Gasteiger partial charge on any atom is -0.309 e. The average Bonchev–Trinajstić information content (AvgIpc) is 1.54. The summed E-state index contributed by atoms with van der Waals surface area (Å²) in [4.78, 5) is 0. The monoisotopic (exact) mass is 1340 g/mol. The Kier molecular flexibility index (Phi) is 16.3. The molecule has 3 heteroatoms. The molecule has 0 amide bonds. The molecule has 0 aliphatic heterocycles. The summed E-state index contributed by atoms with van der Waals surface area (Å²) in [5.41, 5.74) is 31.1. The largest absolute Gasteiger partial charge is 0.309 e. The van der Waals surface area contributed by atoms with Crippen LogP contribution in [0.25, 0.3) is 116 Å². The topological polar surface area (TPSA) is 14.8 Å². The van der Waals surface area contributed by atoms with Gasteiger partial charge in [-0.05, 0) is 251 Å². The van der Waals surface area contributed by atoms with Gasteiger partial charge in [-0.3, -0.25) is 0 Å². The summed E-state index contributed by atoms with van der Waals surface area (Å²) in [5, 5.41) is 7.75. The van der Waals surface area contributed by atoms with Crippen LogP contribution in [0.4, 0.5) is 0 Å². The number of benzene rings is 12. The summed E-state index contributed by atoms with van der Waals surface area (Å²) in [6, 6.07) is 98.5. The van der Waals surface area contributed by atoms with E-state index in [1.54, 1.807) is 0 Å². The summed E-state index contributed by atoms with van der Waals surface area (Å²) in [5.74, 6) is 0.402. The van der Waals surface area contributed by atoms with Crippen LogP contribution in [0.2, 0.25) is 0 Å².